The van der Waals surface area contributed by atoms with Gasteiger partial charge in [0.25, 0.3) is 0 Å². The number of rotatable bonds is 5. The van der Waals surface area contributed by atoms with Crippen molar-refractivity contribution in [2.45, 2.75) is 26.3 Å². The van der Waals surface area contributed by atoms with Crippen LogP contribution in [0.5, 0.6) is 11.5 Å². The molecule has 0 amide bonds. The topological polar surface area (TPSA) is 47.7 Å². The molecular weight excluding hydrogens is 240 g/mol. The Morgan fingerprint density at radius 2 is 1.89 bits per heavy atom. The molecule has 2 N–H and O–H groups in total. The van der Waals surface area contributed by atoms with Crippen LogP contribution >= 0.6 is 0 Å². The number of anilines is 1. The maximum absolute atomic E-state index is 6.13. The van der Waals surface area contributed by atoms with Gasteiger partial charge >= 0.3 is 0 Å². The molecule has 0 saturated heterocycles. The minimum atomic E-state index is 0.606. The Hall–Kier alpha value is -1.42. The Balaban J connectivity index is 1.75. The van der Waals surface area contributed by atoms with Crippen molar-refractivity contribution in [3.05, 3.63) is 17.7 Å². The van der Waals surface area contributed by atoms with Gasteiger partial charge in [0.1, 0.15) is 13.2 Å². The van der Waals surface area contributed by atoms with Crippen molar-refractivity contribution in [3.8, 4) is 11.5 Å². The highest BCUT2D eigenvalue weighted by Crippen LogP contribution is 2.35. The molecule has 1 saturated carbocycles. The van der Waals surface area contributed by atoms with Crippen LogP contribution in [0.1, 0.15) is 25.3 Å². The lowest BCUT2D eigenvalue weighted by Gasteiger charge is -2.24. The fourth-order valence-electron chi connectivity index (χ4n) is 2.50. The molecule has 0 bridgehead atoms. The summed E-state index contributed by atoms with van der Waals surface area (Å²) in [5.41, 5.74) is 8.08. The summed E-state index contributed by atoms with van der Waals surface area (Å²) in [6, 6.07) is 3.94. The summed E-state index contributed by atoms with van der Waals surface area (Å²) in [7, 11) is 0. The summed E-state index contributed by atoms with van der Waals surface area (Å²) < 4.78 is 11.2. The van der Waals surface area contributed by atoms with Crippen molar-refractivity contribution in [1.29, 1.82) is 0 Å². The summed E-state index contributed by atoms with van der Waals surface area (Å²) in [4.78, 5) is 2.46. The van der Waals surface area contributed by atoms with Crippen molar-refractivity contribution in [3.63, 3.8) is 0 Å². The number of nitrogen functional groups attached to an aromatic ring is 1. The average Bonchev–Trinajstić information content (AvgIpc) is 3.22. The molecular formula is C15H22N2O2. The van der Waals surface area contributed by atoms with E-state index in [0.717, 1.165) is 41.8 Å². The lowest BCUT2D eigenvalue weighted by molar-refractivity contribution is 0.171. The fourth-order valence-corrected chi connectivity index (χ4v) is 2.50. The number of fused-ring (bicyclic) bond motifs is 1. The van der Waals surface area contributed by atoms with Crippen LogP contribution in [0.25, 0.3) is 0 Å². The second-order valence-corrected chi connectivity index (χ2v) is 5.47. The Morgan fingerprint density at radius 1 is 1.21 bits per heavy atom. The first-order valence-corrected chi connectivity index (χ1v) is 7.16. The molecule has 4 heteroatoms. The number of hydrogen-bond donors (Lipinski definition) is 1. The first-order valence-electron chi connectivity index (χ1n) is 7.16. The summed E-state index contributed by atoms with van der Waals surface area (Å²) in [5, 5.41) is 0. The zero-order valence-electron chi connectivity index (χ0n) is 11.5. The number of nitrogens with two attached hydrogens (primary N) is 1. The van der Waals surface area contributed by atoms with Crippen LogP contribution < -0.4 is 15.2 Å². The van der Waals surface area contributed by atoms with Gasteiger partial charge in [-0.05, 0) is 36.9 Å². The van der Waals surface area contributed by atoms with E-state index in [9.17, 15) is 0 Å². The predicted octanol–water partition coefficient (Wildman–Crippen LogP) is 2.27. The highest BCUT2D eigenvalue weighted by Gasteiger charge is 2.24. The van der Waals surface area contributed by atoms with E-state index in [0.29, 0.717) is 13.2 Å². The number of benzene rings is 1. The highest BCUT2D eigenvalue weighted by molar-refractivity contribution is 5.58. The summed E-state index contributed by atoms with van der Waals surface area (Å²) >= 11 is 0. The third-order valence-electron chi connectivity index (χ3n) is 3.86. The number of hydrogen-bond acceptors (Lipinski definition) is 4. The van der Waals surface area contributed by atoms with Crippen molar-refractivity contribution in [1.82, 2.24) is 4.90 Å². The minimum absolute atomic E-state index is 0.606. The second-order valence-electron chi connectivity index (χ2n) is 5.47. The maximum Gasteiger partial charge on any atom is 0.163 e. The first kappa shape index (κ1) is 12.6. The number of nitrogens with zero attached hydrogens (tertiary/aromatic N) is 1. The zero-order valence-corrected chi connectivity index (χ0v) is 11.5. The predicted molar refractivity (Wildman–Crippen MR) is 75.5 cm³/mol. The van der Waals surface area contributed by atoms with Gasteiger partial charge in [0.2, 0.25) is 0 Å². The average molecular weight is 262 g/mol. The molecule has 1 aromatic rings. The van der Waals surface area contributed by atoms with Gasteiger partial charge in [-0.1, -0.05) is 6.92 Å². The molecule has 1 aromatic carbocycles. The third kappa shape index (κ3) is 2.95. The van der Waals surface area contributed by atoms with Crippen LogP contribution in [0.15, 0.2) is 12.1 Å². The SMILES string of the molecule is CCN(Cc1cc2c(cc1N)OCCO2)CC1CC1. The van der Waals surface area contributed by atoms with Gasteiger partial charge in [-0.2, -0.15) is 0 Å². The Morgan fingerprint density at radius 3 is 2.53 bits per heavy atom. The van der Waals surface area contributed by atoms with Crippen molar-refractivity contribution in [2.75, 3.05) is 32.0 Å². The van der Waals surface area contributed by atoms with E-state index < -0.39 is 0 Å². The van der Waals surface area contributed by atoms with E-state index in [-0.39, 0.29) is 0 Å². The van der Waals surface area contributed by atoms with Gasteiger partial charge in [-0.25, -0.2) is 0 Å². The van der Waals surface area contributed by atoms with E-state index in [1.54, 1.807) is 0 Å². The van der Waals surface area contributed by atoms with Crippen molar-refractivity contribution < 1.29 is 9.47 Å². The van der Waals surface area contributed by atoms with Crippen LogP contribution in [-0.4, -0.2) is 31.2 Å². The van der Waals surface area contributed by atoms with E-state index in [2.05, 4.69) is 11.8 Å². The first-order chi connectivity index (χ1) is 9.26. The fraction of sp³-hybridized carbons (Fsp3) is 0.600. The van der Waals surface area contributed by atoms with Gasteiger partial charge < -0.3 is 15.2 Å². The summed E-state index contributed by atoms with van der Waals surface area (Å²) in [5.74, 6) is 2.51. The van der Waals surface area contributed by atoms with Crippen LogP contribution in [0.4, 0.5) is 5.69 Å². The van der Waals surface area contributed by atoms with Gasteiger partial charge in [-0.3, -0.25) is 4.90 Å². The lowest BCUT2D eigenvalue weighted by Crippen LogP contribution is -2.26. The molecule has 104 valence electrons. The summed E-state index contributed by atoms with van der Waals surface area (Å²) in [6.45, 7) is 6.57. The molecule has 1 aliphatic carbocycles. The van der Waals surface area contributed by atoms with Crippen LogP contribution in [0, 0.1) is 5.92 Å². The molecule has 0 aromatic heterocycles. The standard InChI is InChI=1S/C15H22N2O2/c1-2-17(9-11-3-4-11)10-12-7-14-15(8-13(12)16)19-6-5-18-14/h7-8,11H,2-6,9-10,16H2,1H3. The summed E-state index contributed by atoms with van der Waals surface area (Å²) in [6.07, 6.45) is 2.76. The van der Waals surface area contributed by atoms with E-state index in [1.165, 1.54) is 19.4 Å². The van der Waals surface area contributed by atoms with E-state index in [4.69, 9.17) is 15.2 Å². The van der Waals surface area contributed by atoms with Crippen LogP contribution in [-0.2, 0) is 6.54 Å². The quantitative estimate of drug-likeness (QED) is 0.827. The molecule has 0 radical (unpaired) electrons. The van der Waals surface area contributed by atoms with E-state index >= 15 is 0 Å². The molecule has 3 rings (SSSR count). The van der Waals surface area contributed by atoms with Gasteiger partial charge in [-0.15, -0.1) is 0 Å². The Labute approximate surface area is 114 Å². The zero-order chi connectivity index (χ0) is 13.2. The van der Waals surface area contributed by atoms with Gasteiger partial charge in [0.15, 0.2) is 11.5 Å². The van der Waals surface area contributed by atoms with Crippen molar-refractivity contribution >= 4 is 5.69 Å². The maximum atomic E-state index is 6.13. The molecule has 19 heavy (non-hydrogen) atoms. The van der Waals surface area contributed by atoms with Crippen LogP contribution in [0.2, 0.25) is 0 Å². The largest absolute Gasteiger partial charge is 0.486 e. The van der Waals surface area contributed by atoms with E-state index in [1.807, 2.05) is 12.1 Å². The Kier molecular flexibility index (Phi) is 3.51. The monoisotopic (exact) mass is 262 g/mol. The minimum Gasteiger partial charge on any atom is -0.486 e. The second kappa shape index (κ2) is 5.29. The number of ether oxygens (including phenoxy) is 2. The molecule has 2 aliphatic rings. The van der Waals surface area contributed by atoms with Gasteiger partial charge in [0.05, 0.1) is 0 Å². The molecule has 1 heterocycles. The molecule has 0 unspecified atom stereocenters. The van der Waals surface area contributed by atoms with Crippen LogP contribution in [0.3, 0.4) is 0 Å². The van der Waals surface area contributed by atoms with Gasteiger partial charge in [0, 0.05) is 24.8 Å². The molecule has 4 nitrogen and oxygen atoms in total. The molecule has 1 fully saturated rings. The molecule has 0 spiro atoms. The van der Waals surface area contributed by atoms with Crippen molar-refractivity contribution in [2.24, 2.45) is 5.92 Å². The third-order valence-corrected chi connectivity index (χ3v) is 3.86. The molecule has 0 atom stereocenters. The smallest absolute Gasteiger partial charge is 0.163 e. The lowest BCUT2D eigenvalue weighted by atomic mass is 10.1. The Bertz CT molecular complexity index is 458. The molecule has 1 aliphatic heterocycles. The normalized spacial score (nSPS) is 17.8. The highest BCUT2D eigenvalue weighted by atomic mass is 16.6.